The zero-order valence-electron chi connectivity index (χ0n) is 15.7. The van der Waals surface area contributed by atoms with E-state index >= 15 is 0 Å². The summed E-state index contributed by atoms with van der Waals surface area (Å²) in [4.78, 5) is 39.0. The molecule has 0 aromatic heterocycles. The lowest BCUT2D eigenvalue weighted by molar-refractivity contribution is -0.134. The van der Waals surface area contributed by atoms with Gasteiger partial charge in [-0.2, -0.15) is 0 Å². The van der Waals surface area contributed by atoms with Crippen molar-refractivity contribution in [1.29, 1.82) is 0 Å². The van der Waals surface area contributed by atoms with E-state index in [9.17, 15) is 14.4 Å². The molecule has 0 radical (unpaired) electrons. The fourth-order valence-corrected chi connectivity index (χ4v) is 3.34. The van der Waals surface area contributed by atoms with Crippen LogP contribution in [-0.2, 0) is 15.1 Å². The topological polar surface area (TPSA) is 78.5 Å². The molecule has 1 unspecified atom stereocenters. The summed E-state index contributed by atoms with van der Waals surface area (Å²) < 4.78 is 0. The van der Waals surface area contributed by atoms with Crippen molar-refractivity contribution in [2.45, 2.75) is 32.7 Å². The van der Waals surface area contributed by atoms with Crippen molar-refractivity contribution in [2.24, 2.45) is 0 Å². The van der Waals surface area contributed by atoms with E-state index in [1.165, 1.54) is 0 Å². The van der Waals surface area contributed by atoms with E-state index in [0.29, 0.717) is 17.7 Å². The van der Waals surface area contributed by atoms with Crippen LogP contribution in [0.2, 0.25) is 0 Å². The SMILES string of the molecule is CCC1(c2ccccc2)NC(=O)N(CC(=O)Nc2cc(C)ccc2C)C1=O. The number of rotatable bonds is 5. The summed E-state index contributed by atoms with van der Waals surface area (Å²) in [5, 5.41) is 5.57. The Hall–Kier alpha value is -3.15. The molecule has 2 N–H and O–H groups in total. The van der Waals surface area contributed by atoms with Gasteiger partial charge < -0.3 is 10.6 Å². The minimum atomic E-state index is -1.13. The van der Waals surface area contributed by atoms with Crippen molar-refractivity contribution >= 4 is 23.5 Å². The molecule has 0 bridgehead atoms. The molecule has 1 atom stereocenters. The first-order chi connectivity index (χ1) is 12.9. The molecule has 3 rings (SSSR count). The zero-order chi connectivity index (χ0) is 19.6. The second-order valence-corrected chi connectivity index (χ2v) is 6.81. The summed E-state index contributed by atoms with van der Waals surface area (Å²) in [5.74, 6) is -0.815. The van der Waals surface area contributed by atoms with Crippen LogP contribution in [0, 0.1) is 13.8 Å². The van der Waals surface area contributed by atoms with Crippen LogP contribution < -0.4 is 10.6 Å². The van der Waals surface area contributed by atoms with Gasteiger partial charge in [-0.15, -0.1) is 0 Å². The van der Waals surface area contributed by atoms with Crippen molar-refractivity contribution in [3.63, 3.8) is 0 Å². The van der Waals surface area contributed by atoms with E-state index in [2.05, 4.69) is 10.6 Å². The number of carbonyl (C=O) groups excluding carboxylic acids is 3. The first-order valence-electron chi connectivity index (χ1n) is 8.94. The first kappa shape index (κ1) is 18.6. The molecule has 6 heteroatoms. The normalized spacial score (nSPS) is 19.1. The quantitative estimate of drug-likeness (QED) is 0.799. The molecule has 1 aliphatic rings. The molecule has 1 fully saturated rings. The number of hydrogen-bond donors (Lipinski definition) is 2. The second-order valence-electron chi connectivity index (χ2n) is 6.81. The number of amides is 4. The molecule has 2 aromatic carbocycles. The molecular weight excluding hydrogens is 342 g/mol. The minimum Gasteiger partial charge on any atom is -0.324 e. The Labute approximate surface area is 158 Å². The van der Waals surface area contributed by atoms with Gasteiger partial charge in [0.05, 0.1) is 0 Å². The number of aryl methyl sites for hydroxylation is 2. The minimum absolute atomic E-state index is 0.327. The van der Waals surface area contributed by atoms with Gasteiger partial charge in [0.2, 0.25) is 5.91 Å². The van der Waals surface area contributed by atoms with Crippen LogP contribution in [0.5, 0.6) is 0 Å². The number of anilines is 1. The van der Waals surface area contributed by atoms with Gasteiger partial charge in [-0.1, -0.05) is 49.4 Å². The Morgan fingerprint density at radius 2 is 1.81 bits per heavy atom. The fraction of sp³-hybridized carbons (Fsp3) is 0.286. The second kappa shape index (κ2) is 7.23. The van der Waals surface area contributed by atoms with Gasteiger partial charge >= 0.3 is 6.03 Å². The van der Waals surface area contributed by atoms with Gasteiger partial charge in [-0.05, 0) is 43.0 Å². The molecule has 1 aliphatic heterocycles. The molecule has 4 amide bonds. The number of imide groups is 1. The highest BCUT2D eigenvalue weighted by Gasteiger charge is 2.51. The summed E-state index contributed by atoms with van der Waals surface area (Å²) in [5.41, 5.74) is 2.19. The van der Waals surface area contributed by atoms with Gasteiger partial charge in [0.25, 0.3) is 5.91 Å². The van der Waals surface area contributed by atoms with E-state index in [0.717, 1.165) is 16.0 Å². The first-order valence-corrected chi connectivity index (χ1v) is 8.94. The Morgan fingerprint density at radius 1 is 1.11 bits per heavy atom. The number of urea groups is 1. The molecule has 6 nitrogen and oxygen atoms in total. The summed E-state index contributed by atoms with van der Waals surface area (Å²) in [6.07, 6.45) is 0.399. The largest absolute Gasteiger partial charge is 0.325 e. The van der Waals surface area contributed by atoms with Crippen molar-refractivity contribution in [2.75, 3.05) is 11.9 Å². The number of carbonyl (C=O) groups is 3. The highest BCUT2D eigenvalue weighted by atomic mass is 16.2. The Kier molecular flexibility index (Phi) is 4.99. The van der Waals surface area contributed by atoms with E-state index in [1.807, 2.05) is 57.2 Å². The summed E-state index contributed by atoms with van der Waals surface area (Å²) >= 11 is 0. The van der Waals surface area contributed by atoms with Gasteiger partial charge in [0.1, 0.15) is 12.1 Å². The average molecular weight is 365 g/mol. The van der Waals surface area contributed by atoms with Gasteiger partial charge in [-0.3, -0.25) is 14.5 Å². The number of hydrogen-bond acceptors (Lipinski definition) is 3. The van der Waals surface area contributed by atoms with E-state index < -0.39 is 23.4 Å². The summed E-state index contributed by atoms with van der Waals surface area (Å²) in [6, 6.07) is 14.3. The van der Waals surface area contributed by atoms with Crippen LogP contribution in [-0.4, -0.2) is 29.3 Å². The molecule has 1 heterocycles. The third kappa shape index (κ3) is 3.43. The predicted octanol–water partition coefficient (Wildman–Crippen LogP) is 3.10. The molecule has 0 saturated carbocycles. The summed E-state index contributed by atoms with van der Waals surface area (Å²) in [6.45, 7) is 5.33. The molecule has 27 heavy (non-hydrogen) atoms. The molecule has 2 aromatic rings. The lowest BCUT2D eigenvalue weighted by Gasteiger charge is -2.25. The highest BCUT2D eigenvalue weighted by molar-refractivity contribution is 6.10. The number of nitrogens with zero attached hydrogens (tertiary/aromatic N) is 1. The van der Waals surface area contributed by atoms with Crippen LogP contribution in [0.1, 0.15) is 30.0 Å². The maximum absolute atomic E-state index is 13.0. The maximum Gasteiger partial charge on any atom is 0.325 e. The molecule has 140 valence electrons. The van der Waals surface area contributed by atoms with Crippen molar-refractivity contribution in [1.82, 2.24) is 10.2 Å². The van der Waals surface area contributed by atoms with Crippen LogP contribution in [0.15, 0.2) is 48.5 Å². The van der Waals surface area contributed by atoms with Crippen LogP contribution >= 0.6 is 0 Å². The fourth-order valence-electron chi connectivity index (χ4n) is 3.34. The van der Waals surface area contributed by atoms with Gasteiger partial charge in [-0.25, -0.2) is 4.79 Å². The standard InChI is InChI=1S/C21H23N3O3/c1-4-21(16-8-6-5-7-9-16)19(26)24(20(27)23-21)13-18(25)22-17-12-14(2)10-11-15(17)3/h5-12H,4,13H2,1-3H3,(H,22,25)(H,23,27). The Bertz CT molecular complexity index is 895. The van der Waals surface area contributed by atoms with Crippen LogP contribution in [0.25, 0.3) is 0 Å². The molecular formula is C21H23N3O3. The predicted molar refractivity (Wildman–Crippen MR) is 103 cm³/mol. The molecule has 1 saturated heterocycles. The highest BCUT2D eigenvalue weighted by Crippen LogP contribution is 2.32. The maximum atomic E-state index is 13.0. The van der Waals surface area contributed by atoms with E-state index in [1.54, 1.807) is 12.1 Å². The van der Waals surface area contributed by atoms with Gasteiger partial charge in [0, 0.05) is 5.69 Å². The van der Waals surface area contributed by atoms with Crippen molar-refractivity contribution in [3.05, 3.63) is 65.2 Å². The lowest BCUT2D eigenvalue weighted by atomic mass is 9.87. The van der Waals surface area contributed by atoms with E-state index in [4.69, 9.17) is 0 Å². The summed E-state index contributed by atoms with van der Waals surface area (Å²) in [7, 11) is 0. The monoisotopic (exact) mass is 365 g/mol. The molecule has 0 spiro atoms. The zero-order valence-corrected chi connectivity index (χ0v) is 15.7. The smallest absolute Gasteiger partial charge is 0.324 e. The number of benzene rings is 2. The number of nitrogens with one attached hydrogen (secondary N) is 2. The van der Waals surface area contributed by atoms with Gasteiger partial charge in [0.15, 0.2) is 0 Å². The van der Waals surface area contributed by atoms with Crippen LogP contribution in [0.4, 0.5) is 10.5 Å². The Balaban J connectivity index is 1.79. The van der Waals surface area contributed by atoms with E-state index in [-0.39, 0.29) is 6.54 Å². The third-order valence-electron chi connectivity index (χ3n) is 4.94. The van der Waals surface area contributed by atoms with Crippen molar-refractivity contribution < 1.29 is 14.4 Å². The molecule has 0 aliphatic carbocycles. The van der Waals surface area contributed by atoms with Crippen molar-refractivity contribution in [3.8, 4) is 0 Å². The average Bonchev–Trinajstić information content (AvgIpc) is 2.90. The lowest BCUT2D eigenvalue weighted by Crippen LogP contribution is -2.44. The van der Waals surface area contributed by atoms with Crippen LogP contribution in [0.3, 0.4) is 0 Å². The Morgan fingerprint density at radius 3 is 2.48 bits per heavy atom. The third-order valence-corrected chi connectivity index (χ3v) is 4.94.